The number of thioether (sulfide) groups is 1. The summed E-state index contributed by atoms with van der Waals surface area (Å²) in [6.07, 6.45) is 0. The topological polar surface area (TPSA) is 153 Å². The van der Waals surface area contributed by atoms with Crippen molar-refractivity contribution in [2.45, 2.75) is 30.0 Å². The van der Waals surface area contributed by atoms with Crippen LogP contribution in [0, 0.1) is 5.92 Å². The lowest BCUT2D eigenvalue weighted by atomic mass is 9.83. The number of thiazole rings is 1. The summed E-state index contributed by atoms with van der Waals surface area (Å²) in [5.41, 5.74) is 1.93. The van der Waals surface area contributed by atoms with E-state index < -0.39 is 29.0 Å². The van der Waals surface area contributed by atoms with Crippen LogP contribution in [0.5, 0.6) is 17.2 Å². The number of aromatic nitrogens is 1. The number of H-pyrrole nitrogens is 1. The van der Waals surface area contributed by atoms with Crippen molar-refractivity contribution in [3.8, 4) is 17.2 Å². The lowest BCUT2D eigenvalue weighted by Crippen LogP contribution is -2.32. The van der Waals surface area contributed by atoms with Crippen LogP contribution in [-0.4, -0.2) is 60.9 Å². The minimum absolute atomic E-state index is 0.260. The second kappa shape index (κ2) is 14.0. The number of carbonyl (C=O) groups excluding carboxylic acids is 4. The fourth-order valence-electron chi connectivity index (χ4n) is 5.71. The number of nitrogens with one attached hydrogen (secondary N) is 2. The van der Waals surface area contributed by atoms with Crippen LogP contribution in [0.2, 0.25) is 0 Å². The first-order chi connectivity index (χ1) is 23.2. The molecule has 6 rings (SSSR count). The van der Waals surface area contributed by atoms with Crippen LogP contribution >= 0.6 is 23.1 Å². The van der Waals surface area contributed by atoms with Crippen LogP contribution < -0.4 is 29.3 Å². The van der Waals surface area contributed by atoms with Crippen LogP contribution in [0.15, 0.2) is 76.6 Å². The molecule has 4 aromatic rings. The summed E-state index contributed by atoms with van der Waals surface area (Å²) in [4.78, 5) is 69.3. The van der Waals surface area contributed by atoms with Gasteiger partial charge in [0.05, 0.1) is 42.5 Å². The molecule has 1 fully saturated rings. The van der Waals surface area contributed by atoms with Crippen LogP contribution in [-0.2, 0) is 19.1 Å². The van der Waals surface area contributed by atoms with E-state index in [4.69, 9.17) is 18.9 Å². The Bertz CT molecular complexity index is 1920. The summed E-state index contributed by atoms with van der Waals surface area (Å²) in [6.45, 7) is 3.74. The van der Waals surface area contributed by atoms with E-state index in [1.807, 2.05) is 0 Å². The number of amides is 3. The van der Waals surface area contributed by atoms with Crippen molar-refractivity contribution in [3.05, 3.63) is 92.4 Å². The number of fused-ring (bicyclic) bond motifs is 2. The number of methoxy groups -OCH3 is 1. The molecule has 2 N–H and O–H groups in total. The molecule has 1 saturated heterocycles. The van der Waals surface area contributed by atoms with E-state index in [1.54, 1.807) is 80.6 Å². The van der Waals surface area contributed by atoms with Gasteiger partial charge in [0.1, 0.15) is 11.0 Å². The number of nitrogens with zero attached hydrogens (tertiary/aromatic N) is 1. The Balaban J connectivity index is 1.24. The number of ether oxygens (including phenoxy) is 4. The molecular weight excluding hydrogens is 659 g/mol. The van der Waals surface area contributed by atoms with Gasteiger partial charge in [0.2, 0.25) is 11.8 Å². The van der Waals surface area contributed by atoms with Crippen molar-refractivity contribution < 1.29 is 38.1 Å². The van der Waals surface area contributed by atoms with Crippen LogP contribution in [0.4, 0.5) is 11.4 Å². The zero-order chi connectivity index (χ0) is 33.9. The number of rotatable bonds is 11. The molecule has 48 heavy (non-hydrogen) atoms. The molecule has 12 nitrogen and oxygen atoms in total. The third-order valence-electron chi connectivity index (χ3n) is 7.82. The van der Waals surface area contributed by atoms with Crippen LogP contribution in [0.25, 0.3) is 0 Å². The van der Waals surface area contributed by atoms with Gasteiger partial charge in [-0.15, -0.1) is 0 Å². The normalized spacial score (nSPS) is 18.1. The van der Waals surface area contributed by atoms with E-state index in [9.17, 15) is 24.0 Å². The molecule has 2 aliphatic heterocycles. The molecule has 2 unspecified atom stereocenters. The molecule has 2 aliphatic rings. The van der Waals surface area contributed by atoms with Crippen molar-refractivity contribution in [2.75, 3.05) is 37.1 Å². The second-order valence-corrected chi connectivity index (χ2v) is 12.9. The Morgan fingerprint density at radius 3 is 2.33 bits per heavy atom. The highest BCUT2D eigenvalue weighted by molar-refractivity contribution is 8.00. The maximum atomic E-state index is 14.0. The molecule has 0 bridgehead atoms. The highest BCUT2D eigenvalue weighted by atomic mass is 32.2. The summed E-state index contributed by atoms with van der Waals surface area (Å²) >= 11 is 2.20. The van der Waals surface area contributed by atoms with Crippen molar-refractivity contribution in [1.82, 2.24) is 4.98 Å². The van der Waals surface area contributed by atoms with Gasteiger partial charge in [-0.2, -0.15) is 0 Å². The minimum atomic E-state index is -0.786. The average molecular weight is 690 g/mol. The summed E-state index contributed by atoms with van der Waals surface area (Å²) in [5, 5.41) is 2.52. The van der Waals surface area contributed by atoms with E-state index in [0.717, 1.165) is 11.3 Å². The summed E-state index contributed by atoms with van der Waals surface area (Å²) in [6, 6.07) is 18.1. The molecule has 0 spiro atoms. The Morgan fingerprint density at radius 1 is 0.896 bits per heavy atom. The first kappa shape index (κ1) is 32.8. The lowest BCUT2D eigenvalue weighted by Gasteiger charge is -2.30. The van der Waals surface area contributed by atoms with Gasteiger partial charge in [0, 0.05) is 16.5 Å². The molecule has 0 aliphatic carbocycles. The molecule has 14 heteroatoms. The molecule has 0 saturated carbocycles. The van der Waals surface area contributed by atoms with Crippen LogP contribution in [0.1, 0.15) is 40.6 Å². The van der Waals surface area contributed by atoms with Gasteiger partial charge in [0.15, 0.2) is 18.1 Å². The van der Waals surface area contributed by atoms with E-state index in [2.05, 4.69) is 10.3 Å². The highest BCUT2D eigenvalue weighted by Crippen LogP contribution is 2.53. The van der Waals surface area contributed by atoms with Crippen molar-refractivity contribution in [2.24, 2.45) is 5.92 Å². The van der Waals surface area contributed by atoms with Gasteiger partial charge >= 0.3 is 10.8 Å². The average Bonchev–Trinajstić information content (AvgIpc) is 3.58. The molecule has 1 aromatic heterocycles. The van der Waals surface area contributed by atoms with E-state index >= 15 is 0 Å². The van der Waals surface area contributed by atoms with Crippen molar-refractivity contribution in [3.63, 3.8) is 0 Å². The van der Waals surface area contributed by atoms with E-state index in [-0.39, 0.29) is 36.5 Å². The Hall–Kier alpha value is -5.08. The molecule has 248 valence electrons. The predicted octanol–water partition coefficient (Wildman–Crippen LogP) is 4.83. The van der Waals surface area contributed by atoms with Gasteiger partial charge in [0.25, 0.3) is 5.91 Å². The summed E-state index contributed by atoms with van der Waals surface area (Å²) in [7, 11) is 1.53. The number of hydrogen-bond acceptors (Lipinski definition) is 11. The highest BCUT2D eigenvalue weighted by Gasteiger charge is 2.56. The number of benzene rings is 3. The van der Waals surface area contributed by atoms with Crippen LogP contribution in [0.3, 0.4) is 0 Å². The Morgan fingerprint density at radius 2 is 1.65 bits per heavy atom. The Kier molecular flexibility index (Phi) is 9.55. The fourth-order valence-corrected chi connectivity index (χ4v) is 8.23. The zero-order valence-corrected chi connectivity index (χ0v) is 27.8. The van der Waals surface area contributed by atoms with Crippen molar-refractivity contribution >= 4 is 58.2 Å². The molecule has 3 amide bonds. The van der Waals surface area contributed by atoms with Gasteiger partial charge < -0.3 is 29.2 Å². The summed E-state index contributed by atoms with van der Waals surface area (Å²) < 4.78 is 21.9. The van der Waals surface area contributed by atoms with E-state index in [1.165, 1.54) is 23.8 Å². The second-order valence-electron chi connectivity index (χ2n) is 10.7. The van der Waals surface area contributed by atoms with Gasteiger partial charge in [-0.3, -0.25) is 19.2 Å². The number of hydrogen-bond donors (Lipinski definition) is 2. The van der Waals surface area contributed by atoms with Crippen molar-refractivity contribution in [1.29, 1.82) is 0 Å². The number of aromatic amines is 1. The molecule has 3 heterocycles. The third-order valence-corrected chi connectivity index (χ3v) is 10.2. The largest absolute Gasteiger partial charge is 0.497 e. The summed E-state index contributed by atoms with van der Waals surface area (Å²) in [5.74, 6) is -1.80. The molecule has 3 aromatic carbocycles. The molecular formula is C34H31N3O9S2. The zero-order valence-electron chi connectivity index (χ0n) is 26.1. The SMILES string of the molecule is CCOC(=O)c1ccc(NC(=O)COc2ccc([C@H]3c4sc(=O)[nH]c4SC4C(=O)N(c5ccc(OC)cc5)C(=O)C43)cc2OCC)cc1. The molecule has 3 atom stereocenters. The lowest BCUT2D eigenvalue weighted by molar-refractivity contribution is -0.122. The monoisotopic (exact) mass is 689 g/mol. The maximum absolute atomic E-state index is 14.0. The molecule has 0 radical (unpaired) electrons. The van der Waals surface area contributed by atoms with Gasteiger partial charge in [-0.25, -0.2) is 9.69 Å². The smallest absolute Gasteiger partial charge is 0.338 e. The first-order valence-corrected chi connectivity index (χ1v) is 16.8. The van der Waals surface area contributed by atoms with Gasteiger partial charge in [-0.1, -0.05) is 29.2 Å². The fraction of sp³-hybridized carbons (Fsp3) is 0.265. The third kappa shape index (κ3) is 6.40. The number of carbonyl (C=O) groups is 4. The predicted molar refractivity (Wildman–Crippen MR) is 180 cm³/mol. The quantitative estimate of drug-likeness (QED) is 0.165. The number of imide groups is 1. The van der Waals surface area contributed by atoms with Gasteiger partial charge in [-0.05, 0) is 80.1 Å². The standard InChI is InChI=1S/C34H31N3O9S2/c1-4-44-24-16-19(8-15-23(24)46-17-25(38)35-20-9-6-18(7-10-20)33(41)45-5-2)26-27-29(47-30-28(26)48-34(42)36-30)32(40)37(31(27)39)21-11-13-22(43-3)14-12-21/h6-16,26-27,29H,4-5,17H2,1-3H3,(H,35,38)(H,36,42)/t26-,27?,29?/m1/s1. The first-order valence-electron chi connectivity index (χ1n) is 15.1. The van der Waals surface area contributed by atoms with E-state index in [0.29, 0.717) is 49.7 Å². The maximum Gasteiger partial charge on any atom is 0.338 e. The number of anilines is 2. The Labute approximate surface area is 283 Å². The number of esters is 1. The minimum Gasteiger partial charge on any atom is -0.497 e.